The Labute approximate surface area is 248 Å². The summed E-state index contributed by atoms with van der Waals surface area (Å²) in [5, 5.41) is 7.26. The highest BCUT2D eigenvalue weighted by Crippen LogP contribution is 2.36. The van der Waals surface area contributed by atoms with Crippen molar-refractivity contribution in [1.82, 2.24) is 14.9 Å². The van der Waals surface area contributed by atoms with Gasteiger partial charge in [-0.05, 0) is 56.1 Å². The monoisotopic (exact) mass is 591 g/mol. The van der Waals surface area contributed by atoms with Crippen molar-refractivity contribution >= 4 is 45.6 Å². The Morgan fingerprint density at radius 3 is 2.81 bits per heavy atom. The molecule has 1 aliphatic rings. The van der Waals surface area contributed by atoms with E-state index >= 15 is 0 Å². The fourth-order valence-electron chi connectivity index (χ4n) is 4.33. The van der Waals surface area contributed by atoms with E-state index in [0.29, 0.717) is 69.9 Å². The zero-order chi connectivity index (χ0) is 29.5. The maximum absolute atomic E-state index is 13.5. The first-order chi connectivity index (χ1) is 20.3. The number of nitrogens with one attached hydrogen (secondary N) is 2. The molecule has 0 radical (unpaired) electrons. The molecule has 0 aliphatic carbocycles. The Hall–Kier alpha value is -4.25. The molecule has 0 saturated carbocycles. The van der Waals surface area contributed by atoms with Gasteiger partial charge in [0.15, 0.2) is 0 Å². The van der Waals surface area contributed by atoms with Gasteiger partial charge in [-0.3, -0.25) is 4.79 Å². The summed E-state index contributed by atoms with van der Waals surface area (Å²) in [5.41, 5.74) is 2.48. The average molecular weight is 592 g/mol. The third-order valence-electron chi connectivity index (χ3n) is 6.39. The predicted octanol–water partition coefficient (Wildman–Crippen LogP) is 5.97. The lowest BCUT2D eigenvalue weighted by atomic mass is 10.1. The second kappa shape index (κ2) is 13.6. The summed E-state index contributed by atoms with van der Waals surface area (Å²) in [6.45, 7) is 1.91. The Morgan fingerprint density at radius 2 is 2.05 bits per heavy atom. The van der Waals surface area contributed by atoms with Gasteiger partial charge in [-0.15, -0.1) is 0 Å². The van der Waals surface area contributed by atoms with E-state index < -0.39 is 0 Å². The molecule has 1 aromatic heterocycles. The van der Waals surface area contributed by atoms with E-state index in [2.05, 4.69) is 20.6 Å². The van der Waals surface area contributed by atoms with Crippen LogP contribution in [0, 0.1) is 5.82 Å². The standard InChI is InChI=1S/C31H31ClFN5O4/c1-38(2)11-4-7-30(39)37-27-15-24-26(16-29(27)42-23-10-12-40-18-23)34-19-35-31(24)36-22-8-9-28(25(32)14-22)41-17-20-5-3-6-21(33)13-20/h3-9,13-16,19,23H,10-12,17-18H2,1-2H3,(H,37,39)(H,34,35,36)/b7-4+. The van der Waals surface area contributed by atoms with Crippen molar-refractivity contribution in [2.45, 2.75) is 19.1 Å². The molecule has 42 heavy (non-hydrogen) atoms. The van der Waals surface area contributed by atoms with Gasteiger partial charge in [0.2, 0.25) is 5.91 Å². The topological polar surface area (TPSA) is 97.8 Å². The van der Waals surface area contributed by atoms with Gasteiger partial charge < -0.3 is 29.7 Å². The smallest absolute Gasteiger partial charge is 0.248 e. The highest BCUT2D eigenvalue weighted by molar-refractivity contribution is 6.32. The van der Waals surface area contributed by atoms with Crippen LogP contribution in [0.3, 0.4) is 0 Å². The fourth-order valence-corrected chi connectivity index (χ4v) is 4.56. The molecule has 1 amide bonds. The molecule has 2 N–H and O–H groups in total. The second-order valence-electron chi connectivity index (χ2n) is 10.0. The lowest BCUT2D eigenvalue weighted by Crippen LogP contribution is -2.18. The van der Waals surface area contributed by atoms with Gasteiger partial charge in [0.25, 0.3) is 0 Å². The number of carbonyl (C=O) groups is 1. The van der Waals surface area contributed by atoms with Crippen LogP contribution in [0.15, 0.2) is 73.1 Å². The molecule has 1 saturated heterocycles. The van der Waals surface area contributed by atoms with Crippen molar-refractivity contribution in [3.05, 3.63) is 89.5 Å². The number of benzene rings is 3. The number of likely N-dealkylation sites (N-methyl/N-ethyl adjacent to an activating group) is 1. The lowest BCUT2D eigenvalue weighted by molar-refractivity contribution is -0.111. The summed E-state index contributed by atoms with van der Waals surface area (Å²) >= 11 is 6.50. The van der Waals surface area contributed by atoms with Crippen LogP contribution in [-0.2, 0) is 16.1 Å². The van der Waals surface area contributed by atoms with E-state index in [1.807, 2.05) is 19.0 Å². The zero-order valence-corrected chi connectivity index (χ0v) is 24.0. The minimum Gasteiger partial charge on any atom is -0.487 e. The molecule has 1 aliphatic heterocycles. The Morgan fingerprint density at radius 1 is 1.17 bits per heavy atom. The van der Waals surface area contributed by atoms with Crippen molar-refractivity contribution in [2.24, 2.45) is 0 Å². The Bertz CT molecular complexity index is 1590. The molecule has 11 heteroatoms. The Balaban J connectivity index is 1.38. The zero-order valence-electron chi connectivity index (χ0n) is 23.3. The van der Waals surface area contributed by atoms with Gasteiger partial charge in [0.1, 0.15) is 42.2 Å². The van der Waals surface area contributed by atoms with Gasteiger partial charge in [0.05, 0.1) is 29.4 Å². The van der Waals surface area contributed by atoms with Crippen LogP contribution in [0.25, 0.3) is 10.9 Å². The van der Waals surface area contributed by atoms with Gasteiger partial charge in [-0.25, -0.2) is 14.4 Å². The summed E-state index contributed by atoms with van der Waals surface area (Å²) in [6, 6.07) is 15.0. The third-order valence-corrected chi connectivity index (χ3v) is 6.69. The van der Waals surface area contributed by atoms with Crippen molar-refractivity contribution in [3.8, 4) is 11.5 Å². The van der Waals surface area contributed by atoms with Gasteiger partial charge in [0, 0.05) is 36.2 Å². The van der Waals surface area contributed by atoms with E-state index in [4.69, 9.17) is 25.8 Å². The van der Waals surface area contributed by atoms with E-state index in [1.165, 1.54) is 24.5 Å². The van der Waals surface area contributed by atoms with E-state index in [1.54, 1.807) is 48.5 Å². The van der Waals surface area contributed by atoms with Gasteiger partial charge in [-0.1, -0.05) is 29.8 Å². The van der Waals surface area contributed by atoms with Crippen molar-refractivity contribution in [2.75, 3.05) is 44.5 Å². The highest BCUT2D eigenvalue weighted by atomic mass is 35.5. The predicted molar refractivity (Wildman–Crippen MR) is 161 cm³/mol. The SMILES string of the molecule is CN(C)C/C=C/C(=O)Nc1cc2c(Nc3ccc(OCc4cccc(F)c4)c(Cl)c3)ncnc2cc1OC1CCOC1. The summed E-state index contributed by atoms with van der Waals surface area (Å²) < 4.78 is 30.9. The maximum Gasteiger partial charge on any atom is 0.248 e. The largest absolute Gasteiger partial charge is 0.487 e. The van der Waals surface area contributed by atoms with Crippen LogP contribution in [0.1, 0.15) is 12.0 Å². The summed E-state index contributed by atoms with van der Waals surface area (Å²) in [6.07, 6.45) is 5.37. The molecular weight excluding hydrogens is 561 g/mol. The second-order valence-corrected chi connectivity index (χ2v) is 10.4. The number of rotatable bonds is 11. The highest BCUT2D eigenvalue weighted by Gasteiger charge is 2.21. The van der Waals surface area contributed by atoms with Gasteiger partial charge >= 0.3 is 0 Å². The molecule has 0 bridgehead atoms. The molecular formula is C31H31ClFN5O4. The van der Waals surface area contributed by atoms with Crippen molar-refractivity contribution in [1.29, 1.82) is 0 Å². The molecule has 3 aromatic carbocycles. The van der Waals surface area contributed by atoms with E-state index in [9.17, 15) is 9.18 Å². The molecule has 218 valence electrons. The fraction of sp³-hybridized carbons (Fsp3) is 0.258. The number of halogens is 2. The number of hydrogen-bond donors (Lipinski definition) is 2. The first-order valence-corrected chi connectivity index (χ1v) is 13.8. The number of nitrogens with zero attached hydrogens (tertiary/aromatic N) is 3. The normalized spacial score (nSPS) is 14.9. The molecule has 2 heterocycles. The quantitative estimate of drug-likeness (QED) is 0.206. The third kappa shape index (κ3) is 7.73. The number of ether oxygens (including phenoxy) is 3. The summed E-state index contributed by atoms with van der Waals surface area (Å²) in [7, 11) is 3.85. The van der Waals surface area contributed by atoms with Crippen molar-refractivity contribution < 1.29 is 23.4 Å². The molecule has 9 nitrogen and oxygen atoms in total. The van der Waals surface area contributed by atoms with Crippen LogP contribution in [0.5, 0.6) is 11.5 Å². The minimum absolute atomic E-state index is 0.120. The van der Waals surface area contributed by atoms with Crippen LogP contribution < -0.4 is 20.1 Å². The van der Waals surface area contributed by atoms with Gasteiger partial charge in [-0.2, -0.15) is 0 Å². The summed E-state index contributed by atoms with van der Waals surface area (Å²) in [4.78, 5) is 23.6. The molecule has 5 rings (SSSR count). The molecule has 1 atom stereocenters. The average Bonchev–Trinajstić information content (AvgIpc) is 3.46. The number of hydrogen-bond acceptors (Lipinski definition) is 8. The van der Waals surface area contributed by atoms with Crippen LogP contribution in [-0.4, -0.2) is 60.7 Å². The van der Waals surface area contributed by atoms with E-state index in [0.717, 1.165) is 6.42 Å². The first-order valence-electron chi connectivity index (χ1n) is 13.4. The number of carbonyl (C=O) groups excluding carboxylic acids is 1. The van der Waals surface area contributed by atoms with E-state index in [-0.39, 0.29) is 24.4 Å². The van der Waals surface area contributed by atoms with Crippen molar-refractivity contribution in [3.63, 3.8) is 0 Å². The number of aromatic nitrogens is 2. The lowest BCUT2D eigenvalue weighted by Gasteiger charge is -2.18. The molecule has 0 spiro atoms. The van der Waals surface area contributed by atoms with Crippen LogP contribution >= 0.6 is 11.6 Å². The van der Waals surface area contributed by atoms with Crippen LogP contribution in [0.4, 0.5) is 21.6 Å². The minimum atomic E-state index is -0.325. The first kappa shape index (κ1) is 29.2. The molecule has 4 aromatic rings. The molecule has 1 fully saturated rings. The maximum atomic E-state index is 13.5. The number of fused-ring (bicyclic) bond motifs is 1. The number of amides is 1. The van der Waals surface area contributed by atoms with Crippen LogP contribution in [0.2, 0.25) is 5.02 Å². The Kier molecular flexibility index (Phi) is 9.48. The molecule has 1 unspecified atom stereocenters. The number of anilines is 3. The summed E-state index contributed by atoms with van der Waals surface area (Å²) in [5.74, 6) is 0.868.